The van der Waals surface area contributed by atoms with Gasteiger partial charge in [0, 0.05) is 56.4 Å². The summed E-state index contributed by atoms with van der Waals surface area (Å²) in [5.41, 5.74) is 2.25. The summed E-state index contributed by atoms with van der Waals surface area (Å²) in [6.07, 6.45) is 7.40. The fourth-order valence-corrected chi connectivity index (χ4v) is 2.85. The highest BCUT2D eigenvalue weighted by atomic mass is 16.1. The van der Waals surface area contributed by atoms with Gasteiger partial charge < -0.3 is 14.8 Å². The molecule has 7 nitrogen and oxygen atoms in total. The van der Waals surface area contributed by atoms with Gasteiger partial charge in [0.05, 0.1) is 6.20 Å². The Hall–Kier alpha value is -2.15. The van der Waals surface area contributed by atoms with E-state index in [9.17, 15) is 4.79 Å². The van der Waals surface area contributed by atoms with Crippen LogP contribution in [-0.4, -0.2) is 38.9 Å². The Balaban J connectivity index is 1.65. The summed E-state index contributed by atoms with van der Waals surface area (Å²) in [7, 11) is 1.76. The SMILES string of the molecule is Cc1[nH]ncc1CNC1CCCN(c2nccn(C)c2=O)C1. The van der Waals surface area contributed by atoms with Crippen molar-refractivity contribution in [2.75, 3.05) is 18.0 Å². The van der Waals surface area contributed by atoms with Crippen LogP contribution >= 0.6 is 0 Å². The molecule has 0 spiro atoms. The highest BCUT2D eigenvalue weighted by molar-refractivity contribution is 5.36. The van der Waals surface area contributed by atoms with Crippen LogP contribution in [0.2, 0.25) is 0 Å². The normalized spacial score (nSPS) is 18.6. The summed E-state index contributed by atoms with van der Waals surface area (Å²) in [4.78, 5) is 18.6. The van der Waals surface area contributed by atoms with Crippen LogP contribution in [0.25, 0.3) is 0 Å². The quantitative estimate of drug-likeness (QED) is 0.863. The van der Waals surface area contributed by atoms with Gasteiger partial charge in [0.1, 0.15) is 0 Å². The maximum Gasteiger partial charge on any atom is 0.293 e. The summed E-state index contributed by atoms with van der Waals surface area (Å²) in [5.74, 6) is 0.552. The minimum atomic E-state index is -0.0335. The van der Waals surface area contributed by atoms with Crippen LogP contribution < -0.4 is 15.8 Å². The van der Waals surface area contributed by atoms with E-state index in [0.717, 1.165) is 38.2 Å². The predicted molar refractivity (Wildman–Crippen MR) is 84.9 cm³/mol. The van der Waals surface area contributed by atoms with Gasteiger partial charge in [0.15, 0.2) is 5.82 Å². The van der Waals surface area contributed by atoms with Crippen molar-refractivity contribution < 1.29 is 0 Å². The minimum Gasteiger partial charge on any atom is -0.350 e. The third-order valence-electron chi connectivity index (χ3n) is 4.24. The smallest absolute Gasteiger partial charge is 0.293 e. The van der Waals surface area contributed by atoms with Gasteiger partial charge in [-0.15, -0.1) is 0 Å². The van der Waals surface area contributed by atoms with Crippen LogP contribution in [0.15, 0.2) is 23.4 Å². The average molecular weight is 302 g/mol. The van der Waals surface area contributed by atoms with Gasteiger partial charge in [-0.2, -0.15) is 5.10 Å². The van der Waals surface area contributed by atoms with E-state index in [4.69, 9.17) is 0 Å². The summed E-state index contributed by atoms with van der Waals surface area (Å²) >= 11 is 0. The number of hydrogen-bond donors (Lipinski definition) is 2. The fraction of sp³-hybridized carbons (Fsp3) is 0.533. The second-order valence-corrected chi connectivity index (χ2v) is 5.85. The lowest BCUT2D eigenvalue weighted by molar-refractivity contribution is 0.418. The third kappa shape index (κ3) is 3.04. The van der Waals surface area contributed by atoms with Gasteiger partial charge in [-0.25, -0.2) is 4.98 Å². The van der Waals surface area contributed by atoms with E-state index in [0.29, 0.717) is 11.9 Å². The van der Waals surface area contributed by atoms with E-state index in [-0.39, 0.29) is 5.56 Å². The Morgan fingerprint density at radius 3 is 3.14 bits per heavy atom. The average Bonchev–Trinajstić information content (AvgIpc) is 2.93. The molecule has 1 fully saturated rings. The van der Waals surface area contributed by atoms with Crippen LogP contribution in [0.3, 0.4) is 0 Å². The van der Waals surface area contributed by atoms with Crippen molar-refractivity contribution >= 4 is 5.82 Å². The second kappa shape index (κ2) is 6.31. The number of aromatic amines is 1. The molecule has 1 aliphatic heterocycles. The zero-order valence-corrected chi connectivity index (χ0v) is 13.0. The van der Waals surface area contributed by atoms with Crippen molar-refractivity contribution in [3.8, 4) is 0 Å². The minimum absolute atomic E-state index is 0.0335. The predicted octanol–water partition coefficient (Wildman–Crippen LogP) is 0.570. The lowest BCUT2D eigenvalue weighted by Crippen LogP contribution is -2.47. The number of hydrogen-bond acceptors (Lipinski definition) is 5. The molecule has 1 atom stereocenters. The molecule has 0 saturated carbocycles. The molecule has 1 aliphatic rings. The van der Waals surface area contributed by atoms with Crippen molar-refractivity contribution in [1.82, 2.24) is 25.1 Å². The summed E-state index contributed by atoms with van der Waals surface area (Å²) in [5, 5.41) is 10.6. The molecule has 118 valence electrons. The monoisotopic (exact) mass is 302 g/mol. The van der Waals surface area contributed by atoms with E-state index in [1.165, 1.54) is 5.56 Å². The van der Waals surface area contributed by atoms with Gasteiger partial charge in [-0.05, 0) is 19.8 Å². The number of rotatable bonds is 4. The summed E-state index contributed by atoms with van der Waals surface area (Å²) in [6, 6.07) is 0.356. The van der Waals surface area contributed by atoms with Gasteiger partial charge in [0.25, 0.3) is 5.56 Å². The molecule has 0 bridgehead atoms. The van der Waals surface area contributed by atoms with Gasteiger partial charge in [-0.1, -0.05) is 0 Å². The van der Waals surface area contributed by atoms with Crippen LogP contribution in [0.1, 0.15) is 24.1 Å². The lowest BCUT2D eigenvalue weighted by Gasteiger charge is -2.33. The van der Waals surface area contributed by atoms with Crippen molar-refractivity contribution in [3.05, 3.63) is 40.2 Å². The Morgan fingerprint density at radius 2 is 2.36 bits per heavy atom. The standard InChI is InChI=1S/C15H22N6O/c1-11-12(9-18-19-11)8-17-13-4-3-6-21(10-13)14-15(22)20(2)7-5-16-14/h5,7,9,13,17H,3-4,6,8,10H2,1-2H3,(H,18,19). The van der Waals surface area contributed by atoms with Crippen molar-refractivity contribution in [2.45, 2.75) is 32.4 Å². The van der Waals surface area contributed by atoms with E-state index < -0.39 is 0 Å². The zero-order chi connectivity index (χ0) is 15.5. The molecule has 0 amide bonds. The number of aromatic nitrogens is 4. The van der Waals surface area contributed by atoms with Crippen molar-refractivity contribution in [3.63, 3.8) is 0 Å². The first-order valence-electron chi connectivity index (χ1n) is 7.64. The van der Waals surface area contributed by atoms with E-state index in [1.54, 1.807) is 24.0 Å². The number of anilines is 1. The number of nitrogens with zero attached hydrogens (tertiary/aromatic N) is 4. The lowest BCUT2D eigenvalue weighted by atomic mass is 10.1. The molecule has 3 heterocycles. The zero-order valence-electron chi connectivity index (χ0n) is 13.0. The summed E-state index contributed by atoms with van der Waals surface area (Å²) in [6.45, 7) is 4.51. The van der Waals surface area contributed by atoms with Crippen LogP contribution in [0, 0.1) is 6.92 Å². The molecule has 1 unspecified atom stereocenters. The Morgan fingerprint density at radius 1 is 1.50 bits per heavy atom. The molecule has 7 heteroatoms. The number of aryl methyl sites for hydroxylation is 2. The van der Waals surface area contributed by atoms with E-state index >= 15 is 0 Å². The molecule has 2 N–H and O–H groups in total. The Labute approximate surface area is 129 Å². The maximum absolute atomic E-state index is 12.2. The second-order valence-electron chi connectivity index (χ2n) is 5.85. The largest absolute Gasteiger partial charge is 0.350 e. The van der Waals surface area contributed by atoms with E-state index in [2.05, 4.69) is 25.4 Å². The first-order valence-corrected chi connectivity index (χ1v) is 7.64. The Bertz CT molecular complexity index is 691. The first kappa shape index (κ1) is 14.8. The number of piperidine rings is 1. The first-order chi connectivity index (χ1) is 10.6. The topological polar surface area (TPSA) is 78.8 Å². The van der Waals surface area contributed by atoms with Crippen molar-refractivity contribution in [1.29, 1.82) is 0 Å². The van der Waals surface area contributed by atoms with Gasteiger partial charge >= 0.3 is 0 Å². The molecule has 0 aromatic carbocycles. The molecule has 22 heavy (non-hydrogen) atoms. The molecular weight excluding hydrogens is 280 g/mol. The van der Waals surface area contributed by atoms with Crippen LogP contribution in [-0.2, 0) is 13.6 Å². The highest BCUT2D eigenvalue weighted by Gasteiger charge is 2.22. The molecule has 0 aliphatic carbocycles. The Kier molecular flexibility index (Phi) is 4.24. The summed E-state index contributed by atoms with van der Waals surface area (Å²) < 4.78 is 1.58. The van der Waals surface area contributed by atoms with Crippen molar-refractivity contribution in [2.24, 2.45) is 7.05 Å². The third-order valence-corrected chi connectivity index (χ3v) is 4.24. The molecular formula is C15H22N6O. The molecule has 2 aromatic heterocycles. The van der Waals surface area contributed by atoms with E-state index in [1.807, 2.05) is 13.1 Å². The van der Waals surface area contributed by atoms with Gasteiger partial charge in [0.2, 0.25) is 0 Å². The molecule has 0 radical (unpaired) electrons. The molecule has 2 aromatic rings. The molecule has 3 rings (SSSR count). The van der Waals surface area contributed by atoms with Crippen LogP contribution in [0.4, 0.5) is 5.82 Å². The van der Waals surface area contributed by atoms with Gasteiger partial charge in [-0.3, -0.25) is 9.89 Å². The highest BCUT2D eigenvalue weighted by Crippen LogP contribution is 2.15. The maximum atomic E-state index is 12.2. The molecule has 1 saturated heterocycles. The van der Waals surface area contributed by atoms with Crippen LogP contribution in [0.5, 0.6) is 0 Å². The fourth-order valence-electron chi connectivity index (χ4n) is 2.85. The number of nitrogens with one attached hydrogen (secondary N) is 2. The number of H-pyrrole nitrogens is 1.